The molecule has 2 fully saturated rings. The van der Waals surface area contributed by atoms with Crippen molar-refractivity contribution >= 4 is 29.4 Å². The Balaban J connectivity index is 1.26. The minimum Gasteiger partial charge on any atom is -0.394 e. The van der Waals surface area contributed by atoms with E-state index in [1.54, 1.807) is 21.9 Å². The van der Waals surface area contributed by atoms with Crippen molar-refractivity contribution in [3.8, 4) is 6.07 Å². The topological polar surface area (TPSA) is 204 Å². The van der Waals surface area contributed by atoms with E-state index in [0.717, 1.165) is 12.0 Å². The highest BCUT2D eigenvalue weighted by molar-refractivity contribution is 5.85. The van der Waals surface area contributed by atoms with Crippen molar-refractivity contribution in [1.29, 1.82) is 5.26 Å². The molecule has 2 aromatic rings. The van der Waals surface area contributed by atoms with Gasteiger partial charge in [0.25, 0.3) is 0 Å². The molecule has 3 amide bonds. The molecule has 6 N–H and O–H groups in total. The second-order valence-electron chi connectivity index (χ2n) is 13.3. The largest absolute Gasteiger partial charge is 0.451 e. The number of anilines is 2. The lowest BCUT2D eigenvalue weighted by atomic mass is 9.91. The third-order valence-corrected chi connectivity index (χ3v) is 9.54. The number of carbonyl (C=O) groups excluding carboxylic acids is 3. The third-order valence-electron chi connectivity index (χ3n) is 9.54. The van der Waals surface area contributed by atoms with Crippen molar-refractivity contribution in [2.45, 2.75) is 75.5 Å². The first-order valence-electron chi connectivity index (χ1n) is 17.5. The number of aliphatic hydroxyl groups is 3. The van der Waals surface area contributed by atoms with E-state index in [1.165, 1.54) is 6.07 Å². The molecular weight excluding hydrogens is 685 g/mol. The van der Waals surface area contributed by atoms with Crippen molar-refractivity contribution < 1.29 is 42.9 Å². The van der Waals surface area contributed by atoms with Gasteiger partial charge < -0.3 is 41.1 Å². The van der Waals surface area contributed by atoms with Gasteiger partial charge in [-0.3, -0.25) is 14.4 Å². The van der Waals surface area contributed by atoms with Crippen LogP contribution in [0.15, 0.2) is 30.3 Å². The lowest BCUT2D eigenvalue weighted by molar-refractivity contribution is -0.144. The molecule has 2 saturated heterocycles. The summed E-state index contributed by atoms with van der Waals surface area (Å²) in [5, 5.41) is 44.8. The standard InChI is InChI=1S/C35H47F3N8O6/c36-35(37,38)33-42-28(19-29(43-33)46-16-2-4-27(46)32(52)41-14-10-25-6-8-26(20-39)9-7-25)45-17-12-24(13-18-45)3-1-5-30(50)40-15-11-31(51)44-34(21-47,22-48)23-49/h6-9,19,24,27,47-49H,1-5,10-18,21-23H2,(H,40,50)(H,41,52)(H,44,51). The Kier molecular flexibility index (Phi) is 14.6. The number of piperidine rings is 1. The fraction of sp³-hybridized carbons (Fsp3) is 0.600. The maximum atomic E-state index is 14.0. The SMILES string of the molecule is N#Cc1ccc(CCNC(=O)C2CCCN2c2cc(N3CCC(CCCC(=O)NCCC(=O)NC(CO)(CO)CO)CC3)nc(C(F)(F)F)n2)cc1. The average molecular weight is 733 g/mol. The quantitative estimate of drug-likeness (QED) is 0.137. The molecule has 4 rings (SSSR count). The number of hydrogen-bond acceptors (Lipinski definition) is 11. The first-order chi connectivity index (χ1) is 24.9. The number of halogens is 3. The van der Waals surface area contributed by atoms with Crippen LogP contribution in [-0.2, 0) is 27.0 Å². The van der Waals surface area contributed by atoms with E-state index < -0.39 is 49.3 Å². The van der Waals surface area contributed by atoms with Gasteiger partial charge in [0.1, 0.15) is 23.2 Å². The predicted octanol–water partition coefficient (Wildman–Crippen LogP) is 1.42. The first kappa shape index (κ1) is 40.2. The van der Waals surface area contributed by atoms with E-state index in [0.29, 0.717) is 70.3 Å². The molecule has 0 bridgehead atoms. The molecule has 1 aromatic heterocycles. The number of nitrogens with zero attached hydrogens (tertiary/aromatic N) is 5. The zero-order valence-corrected chi connectivity index (χ0v) is 29.0. The minimum atomic E-state index is -4.78. The highest BCUT2D eigenvalue weighted by atomic mass is 19.4. The lowest BCUT2D eigenvalue weighted by Gasteiger charge is -2.34. The fourth-order valence-electron chi connectivity index (χ4n) is 6.40. The molecule has 284 valence electrons. The van der Waals surface area contributed by atoms with Crippen molar-refractivity contribution in [3.63, 3.8) is 0 Å². The van der Waals surface area contributed by atoms with E-state index in [9.17, 15) is 42.9 Å². The Morgan fingerprint density at radius 3 is 2.19 bits per heavy atom. The molecule has 0 radical (unpaired) electrons. The van der Waals surface area contributed by atoms with Gasteiger partial charge in [0.05, 0.1) is 31.5 Å². The molecule has 14 nitrogen and oxygen atoms in total. The number of nitriles is 1. The Hall–Kier alpha value is -4.53. The van der Waals surface area contributed by atoms with E-state index in [1.807, 2.05) is 12.1 Å². The molecule has 52 heavy (non-hydrogen) atoms. The van der Waals surface area contributed by atoms with Crippen LogP contribution in [0.5, 0.6) is 0 Å². The molecule has 0 spiro atoms. The molecule has 2 aliphatic heterocycles. The molecule has 0 saturated carbocycles. The van der Waals surface area contributed by atoms with Crippen LogP contribution >= 0.6 is 0 Å². The molecule has 17 heteroatoms. The van der Waals surface area contributed by atoms with E-state index in [2.05, 4.69) is 32.0 Å². The summed E-state index contributed by atoms with van der Waals surface area (Å²) in [5.41, 5.74) is -0.0498. The maximum absolute atomic E-state index is 14.0. The number of benzene rings is 1. The zero-order valence-electron chi connectivity index (χ0n) is 29.0. The number of rotatable bonds is 17. The van der Waals surface area contributed by atoms with Gasteiger partial charge in [-0.05, 0) is 68.6 Å². The number of amides is 3. The molecule has 3 heterocycles. The first-order valence-corrected chi connectivity index (χ1v) is 17.5. The van der Waals surface area contributed by atoms with Crippen LogP contribution in [0.4, 0.5) is 24.8 Å². The Labute approximate surface area is 300 Å². The van der Waals surface area contributed by atoms with E-state index in [4.69, 9.17) is 5.26 Å². The lowest BCUT2D eigenvalue weighted by Crippen LogP contribution is -2.57. The van der Waals surface area contributed by atoms with Gasteiger partial charge in [0.2, 0.25) is 23.5 Å². The van der Waals surface area contributed by atoms with Crippen molar-refractivity contribution in [2.24, 2.45) is 5.92 Å². The number of aliphatic hydroxyl groups excluding tert-OH is 3. The normalized spacial score (nSPS) is 16.8. The van der Waals surface area contributed by atoms with Crippen molar-refractivity contribution in [2.75, 3.05) is 62.3 Å². The van der Waals surface area contributed by atoms with Gasteiger partial charge in [-0.15, -0.1) is 0 Å². The Bertz CT molecular complexity index is 1530. The van der Waals surface area contributed by atoms with Gasteiger partial charge >= 0.3 is 6.18 Å². The monoisotopic (exact) mass is 732 g/mol. The van der Waals surface area contributed by atoms with Crippen LogP contribution in [0.1, 0.15) is 68.3 Å². The van der Waals surface area contributed by atoms with E-state index in [-0.39, 0.29) is 48.8 Å². The average Bonchev–Trinajstić information content (AvgIpc) is 3.64. The molecule has 1 atom stereocenters. The van der Waals surface area contributed by atoms with Crippen molar-refractivity contribution in [3.05, 3.63) is 47.3 Å². The zero-order chi connectivity index (χ0) is 37.7. The molecule has 2 aliphatic rings. The van der Waals surface area contributed by atoms with E-state index >= 15 is 0 Å². The highest BCUT2D eigenvalue weighted by Crippen LogP contribution is 2.34. The van der Waals surface area contributed by atoms with Gasteiger partial charge in [0, 0.05) is 51.6 Å². The fourth-order valence-corrected chi connectivity index (χ4v) is 6.40. The number of carbonyl (C=O) groups is 3. The number of nitrogens with one attached hydrogen (secondary N) is 3. The minimum absolute atomic E-state index is 0.0466. The highest BCUT2D eigenvalue weighted by Gasteiger charge is 2.39. The van der Waals surface area contributed by atoms with Gasteiger partial charge in [-0.25, -0.2) is 9.97 Å². The second-order valence-corrected chi connectivity index (χ2v) is 13.3. The molecule has 1 unspecified atom stereocenters. The number of alkyl halides is 3. The summed E-state index contributed by atoms with van der Waals surface area (Å²) in [7, 11) is 0. The van der Waals surface area contributed by atoms with Gasteiger partial charge in [-0.2, -0.15) is 18.4 Å². The Morgan fingerprint density at radius 1 is 0.885 bits per heavy atom. The summed E-state index contributed by atoms with van der Waals surface area (Å²) in [6.07, 6.45) is -0.294. The van der Waals surface area contributed by atoms with Gasteiger partial charge in [-0.1, -0.05) is 12.1 Å². The van der Waals surface area contributed by atoms with Gasteiger partial charge in [0.15, 0.2) is 0 Å². The predicted molar refractivity (Wildman–Crippen MR) is 184 cm³/mol. The summed E-state index contributed by atoms with van der Waals surface area (Å²) >= 11 is 0. The summed E-state index contributed by atoms with van der Waals surface area (Å²) < 4.78 is 42.0. The van der Waals surface area contributed by atoms with Crippen LogP contribution in [0.3, 0.4) is 0 Å². The Morgan fingerprint density at radius 2 is 1.56 bits per heavy atom. The summed E-state index contributed by atoms with van der Waals surface area (Å²) in [5.74, 6) is -1.85. The second kappa shape index (κ2) is 18.8. The molecular formula is C35H47F3N8O6. The van der Waals surface area contributed by atoms with Crippen molar-refractivity contribution in [1.82, 2.24) is 25.9 Å². The summed E-state index contributed by atoms with van der Waals surface area (Å²) in [4.78, 5) is 48.7. The van der Waals surface area contributed by atoms with Crippen LogP contribution < -0.4 is 25.8 Å². The number of aromatic nitrogens is 2. The maximum Gasteiger partial charge on any atom is 0.451 e. The summed E-state index contributed by atoms with van der Waals surface area (Å²) in [6.45, 7) is -0.236. The van der Waals surface area contributed by atoms with Crippen LogP contribution in [0.25, 0.3) is 0 Å². The van der Waals surface area contributed by atoms with Crippen LogP contribution in [-0.4, -0.2) is 107 Å². The smallest absolute Gasteiger partial charge is 0.394 e. The summed E-state index contributed by atoms with van der Waals surface area (Å²) in [6, 6.07) is 9.94. The number of hydrogen-bond donors (Lipinski definition) is 6. The van der Waals surface area contributed by atoms with Crippen LogP contribution in [0.2, 0.25) is 0 Å². The molecule has 1 aromatic carbocycles. The third kappa shape index (κ3) is 11.2. The van der Waals surface area contributed by atoms with Crippen LogP contribution in [0, 0.1) is 17.2 Å². The molecule has 0 aliphatic carbocycles.